The molecule has 1 aromatic rings. The Labute approximate surface area is 126 Å². The van der Waals surface area contributed by atoms with E-state index >= 15 is 0 Å². The Balaban J connectivity index is 2.18. The van der Waals surface area contributed by atoms with Gasteiger partial charge in [0.1, 0.15) is 0 Å². The third-order valence-corrected chi connectivity index (χ3v) is 3.80. The number of nitrogens with two attached hydrogens (primary N) is 1. The third kappa shape index (κ3) is 3.67. The van der Waals surface area contributed by atoms with Crippen LogP contribution in [0.25, 0.3) is 0 Å². The van der Waals surface area contributed by atoms with Gasteiger partial charge in [0.25, 0.3) is 0 Å². The molecule has 0 amide bonds. The fourth-order valence-corrected chi connectivity index (χ4v) is 2.92. The average molecular weight is 291 g/mol. The molecule has 2 rings (SSSR count). The number of nitrogen functional groups attached to an aromatic ring is 1. The van der Waals surface area contributed by atoms with Crippen molar-refractivity contribution in [3.8, 4) is 0 Å². The zero-order valence-electron chi connectivity index (χ0n) is 13.1. The number of hydrogen-bond donors (Lipinski definition) is 1. The minimum absolute atomic E-state index is 0.318. The van der Waals surface area contributed by atoms with E-state index in [1.54, 1.807) is 19.1 Å². The normalized spacial score (nSPS) is 18.3. The van der Waals surface area contributed by atoms with Gasteiger partial charge in [0, 0.05) is 19.1 Å². The number of nitrogens with zero attached hydrogens (tertiary/aromatic N) is 2. The molecule has 1 aliphatic heterocycles. The fraction of sp³-hybridized carbons (Fsp3) is 0.562. The molecule has 5 nitrogen and oxygen atoms in total. The maximum Gasteiger partial charge on any atom is 0.338 e. The first-order chi connectivity index (χ1) is 10.0. The van der Waals surface area contributed by atoms with Crippen LogP contribution >= 0.6 is 0 Å². The van der Waals surface area contributed by atoms with E-state index in [-0.39, 0.29) is 5.97 Å². The number of benzene rings is 1. The first-order valence-corrected chi connectivity index (χ1v) is 7.51. The Hall–Kier alpha value is -1.75. The van der Waals surface area contributed by atoms with Gasteiger partial charge in [-0.1, -0.05) is 0 Å². The molecular weight excluding hydrogens is 266 g/mol. The number of anilines is 2. The van der Waals surface area contributed by atoms with Gasteiger partial charge in [0.2, 0.25) is 0 Å². The summed E-state index contributed by atoms with van der Waals surface area (Å²) in [4.78, 5) is 16.3. The molecule has 1 heterocycles. The standard InChI is InChI=1S/C16H25N3O2/c1-4-21-16(20)12-7-8-15(14(17)10-12)19-9-5-6-13(19)11-18(2)3/h7-8,10,13H,4-6,9,11,17H2,1-3H3. The summed E-state index contributed by atoms with van der Waals surface area (Å²) in [6.07, 6.45) is 2.36. The zero-order valence-corrected chi connectivity index (χ0v) is 13.1. The van der Waals surface area contributed by atoms with Crippen molar-refractivity contribution >= 4 is 17.3 Å². The Morgan fingerprint density at radius 3 is 2.86 bits per heavy atom. The Morgan fingerprint density at radius 2 is 2.24 bits per heavy atom. The molecule has 1 aliphatic rings. The fourth-order valence-electron chi connectivity index (χ4n) is 2.92. The van der Waals surface area contributed by atoms with Gasteiger partial charge in [-0.05, 0) is 52.1 Å². The van der Waals surface area contributed by atoms with Crippen LogP contribution in [0.15, 0.2) is 18.2 Å². The lowest BCUT2D eigenvalue weighted by molar-refractivity contribution is 0.0526. The van der Waals surface area contributed by atoms with Crippen LogP contribution in [0.3, 0.4) is 0 Å². The highest BCUT2D eigenvalue weighted by atomic mass is 16.5. The van der Waals surface area contributed by atoms with Crippen molar-refractivity contribution < 1.29 is 9.53 Å². The van der Waals surface area contributed by atoms with Crippen LogP contribution in [0.2, 0.25) is 0 Å². The molecule has 116 valence electrons. The third-order valence-electron chi connectivity index (χ3n) is 3.80. The van der Waals surface area contributed by atoms with Crippen molar-refractivity contribution in [1.82, 2.24) is 4.90 Å². The first kappa shape index (κ1) is 15.6. The minimum Gasteiger partial charge on any atom is -0.462 e. The van der Waals surface area contributed by atoms with Crippen molar-refractivity contribution in [2.24, 2.45) is 0 Å². The van der Waals surface area contributed by atoms with Crippen LogP contribution in [0, 0.1) is 0 Å². The molecule has 0 aromatic heterocycles. The second-order valence-electron chi connectivity index (χ2n) is 5.75. The number of rotatable bonds is 5. The summed E-state index contributed by atoms with van der Waals surface area (Å²) in [5.74, 6) is -0.318. The van der Waals surface area contributed by atoms with Gasteiger partial charge in [0.15, 0.2) is 0 Å². The lowest BCUT2D eigenvalue weighted by Gasteiger charge is -2.30. The second-order valence-corrected chi connectivity index (χ2v) is 5.75. The molecule has 0 aliphatic carbocycles. The summed E-state index contributed by atoms with van der Waals surface area (Å²) in [5.41, 5.74) is 8.35. The summed E-state index contributed by atoms with van der Waals surface area (Å²) in [6.45, 7) is 4.20. The zero-order chi connectivity index (χ0) is 15.4. The van der Waals surface area contributed by atoms with E-state index in [4.69, 9.17) is 10.5 Å². The minimum atomic E-state index is -0.318. The summed E-state index contributed by atoms with van der Waals surface area (Å²) in [5, 5.41) is 0. The number of esters is 1. The summed E-state index contributed by atoms with van der Waals surface area (Å²) in [7, 11) is 4.17. The highest BCUT2D eigenvalue weighted by Crippen LogP contribution is 2.31. The molecule has 0 saturated carbocycles. The van der Waals surface area contributed by atoms with E-state index in [1.807, 2.05) is 6.07 Å². The molecule has 21 heavy (non-hydrogen) atoms. The van der Waals surface area contributed by atoms with Gasteiger partial charge in [0.05, 0.1) is 23.5 Å². The maximum absolute atomic E-state index is 11.7. The molecule has 1 fully saturated rings. The number of likely N-dealkylation sites (N-methyl/N-ethyl adjacent to an activating group) is 1. The lowest BCUT2D eigenvalue weighted by Crippen LogP contribution is -2.37. The molecule has 2 N–H and O–H groups in total. The number of ether oxygens (including phenoxy) is 1. The van der Waals surface area contributed by atoms with E-state index in [2.05, 4.69) is 23.9 Å². The topological polar surface area (TPSA) is 58.8 Å². The van der Waals surface area contributed by atoms with Crippen LogP contribution in [0.5, 0.6) is 0 Å². The van der Waals surface area contributed by atoms with Crippen LogP contribution < -0.4 is 10.6 Å². The monoisotopic (exact) mass is 291 g/mol. The summed E-state index contributed by atoms with van der Waals surface area (Å²) >= 11 is 0. The Bertz CT molecular complexity index is 502. The maximum atomic E-state index is 11.7. The van der Waals surface area contributed by atoms with Gasteiger partial charge in [-0.3, -0.25) is 0 Å². The van der Waals surface area contributed by atoms with Crippen molar-refractivity contribution in [2.75, 3.05) is 44.4 Å². The quantitative estimate of drug-likeness (QED) is 0.664. The first-order valence-electron chi connectivity index (χ1n) is 7.51. The molecule has 0 bridgehead atoms. The molecule has 0 spiro atoms. The van der Waals surface area contributed by atoms with E-state index in [0.29, 0.717) is 23.9 Å². The predicted octanol–water partition coefficient (Wildman–Crippen LogP) is 1.98. The smallest absolute Gasteiger partial charge is 0.338 e. The van der Waals surface area contributed by atoms with Gasteiger partial charge in [-0.2, -0.15) is 0 Å². The highest BCUT2D eigenvalue weighted by molar-refractivity contribution is 5.92. The number of hydrogen-bond acceptors (Lipinski definition) is 5. The van der Waals surface area contributed by atoms with Crippen molar-refractivity contribution in [1.29, 1.82) is 0 Å². The largest absolute Gasteiger partial charge is 0.462 e. The lowest BCUT2D eigenvalue weighted by atomic mass is 10.1. The van der Waals surface area contributed by atoms with Crippen molar-refractivity contribution in [3.05, 3.63) is 23.8 Å². The predicted molar refractivity (Wildman–Crippen MR) is 85.7 cm³/mol. The molecule has 0 radical (unpaired) electrons. The molecule has 1 unspecified atom stereocenters. The van der Waals surface area contributed by atoms with Crippen LogP contribution in [-0.2, 0) is 4.74 Å². The average Bonchev–Trinajstić information content (AvgIpc) is 2.86. The van der Waals surface area contributed by atoms with Gasteiger partial charge >= 0.3 is 5.97 Å². The van der Waals surface area contributed by atoms with Crippen LogP contribution in [0.1, 0.15) is 30.1 Å². The molecule has 1 saturated heterocycles. The van der Waals surface area contributed by atoms with Crippen molar-refractivity contribution in [3.63, 3.8) is 0 Å². The number of carbonyl (C=O) groups excluding carboxylic acids is 1. The second kappa shape index (κ2) is 6.80. The Morgan fingerprint density at radius 1 is 1.48 bits per heavy atom. The molecule has 1 atom stereocenters. The van der Waals surface area contributed by atoms with Crippen LogP contribution in [0.4, 0.5) is 11.4 Å². The van der Waals surface area contributed by atoms with Gasteiger partial charge in [-0.15, -0.1) is 0 Å². The van der Waals surface area contributed by atoms with E-state index in [0.717, 1.165) is 18.8 Å². The summed E-state index contributed by atoms with van der Waals surface area (Å²) in [6, 6.07) is 5.94. The van der Waals surface area contributed by atoms with Crippen molar-refractivity contribution in [2.45, 2.75) is 25.8 Å². The Kier molecular flexibility index (Phi) is 5.07. The van der Waals surface area contributed by atoms with E-state index in [1.165, 1.54) is 12.8 Å². The molecule has 5 heteroatoms. The summed E-state index contributed by atoms with van der Waals surface area (Å²) < 4.78 is 5.01. The molecular formula is C16H25N3O2. The molecule has 1 aromatic carbocycles. The van der Waals surface area contributed by atoms with Gasteiger partial charge in [-0.25, -0.2) is 4.79 Å². The highest BCUT2D eigenvalue weighted by Gasteiger charge is 2.26. The SMILES string of the molecule is CCOC(=O)c1ccc(N2CCCC2CN(C)C)c(N)c1. The van der Waals surface area contributed by atoms with Gasteiger partial charge < -0.3 is 20.3 Å². The number of carbonyl (C=O) groups is 1. The van der Waals surface area contributed by atoms with E-state index in [9.17, 15) is 4.79 Å². The van der Waals surface area contributed by atoms with Crippen LogP contribution in [-0.4, -0.2) is 50.7 Å². The van der Waals surface area contributed by atoms with E-state index < -0.39 is 0 Å².